The second-order valence-electron chi connectivity index (χ2n) is 4.88. The molecule has 0 aromatic carbocycles. The number of fused-ring (bicyclic) bond motifs is 1. The molecule has 0 nitrogen and oxygen atoms in total. The van der Waals surface area contributed by atoms with E-state index in [1.807, 2.05) is 0 Å². The molecule has 0 heteroatoms. The van der Waals surface area contributed by atoms with Crippen LogP contribution in [0.5, 0.6) is 0 Å². The molecular weight excluding hydrogens is 156 g/mol. The highest BCUT2D eigenvalue weighted by Gasteiger charge is 2.30. The zero-order valence-corrected chi connectivity index (χ0v) is 8.84. The number of hydrogen-bond donors (Lipinski definition) is 0. The van der Waals surface area contributed by atoms with Gasteiger partial charge in [0.15, 0.2) is 0 Å². The first-order chi connectivity index (χ1) is 6.18. The maximum absolute atomic E-state index is 4.27. The van der Waals surface area contributed by atoms with Crippen LogP contribution in [0.4, 0.5) is 0 Å². The topological polar surface area (TPSA) is 0 Å². The maximum atomic E-state index is 4.27. The van der Waals surface area contributed by atoms with E-state index in [2.05, 4.69) is 26.5 Å². The van der Waals surface area contributed by atoms with Crippen LogP contribution < -0.4 is 0 Å². The van der Waals surface area contributed by atoms with Crippen LogP contribution in [0.1, 0.15) is 39.5 Å². The molecule has 0 aromatic rings. The minimum atomic E-state index is 0.734. The Hall–Kier alpha value is -0.520. The first-order valence-electron chi connectivity index (χ1n) is 5.54. The normalized spacial score (nSPS) is 39.7. The average molecular weight is 176 g/mol. The number of rotatable bonds is 0. The van der Waals surface area contributed by atoms with E-state index in [9.17, 15) is 0 Å². The van der Waals surface area contributed by atoms with Crippen molar-refractivity contribution in [1.29, 1.82) is 0 Å². The van der Waals surface area contributed by atoms with Crippen molar-refractivity contribution in [1.82, 2.24) is 0 Å². The van der Waals surface area contributed by atoms with Gasteiger partial charge in [0.05, 0.1) is 0 Å². The summed E-state index contributed by atoms with van der Waals surface area (Å²) in [6.07, 6.45) is 7.95. The minimum absolute atomic E-state index is 0.734. The van der Waals surface area contributed by atoms with Crippen molar-refractivity contribution in [3.8, 4) is 0 Å². The maximum Gasteiger partial charge on any atom is -0.0143 e. The molecule has 0 heterocycles. The predicted octanol–water partition coefficient (Wildman–Crippen LogP) is 3.95. The molecule has 0 radical (unpaired) electrons. The molecule has 2 aliphatic rings. The van der Waals surface area contributed by atoms with E-state index in [0.29, 0.717) is 0 Å². The van der Waals surface area contributed by atoms with Gasteiger partial charge in [-0.3, -0.25) is 0 Å². The summed E-state index contributed by atoms with van der Waals surface area (Å²) in [6, 6.07) is 0. The van der Waals surface area contributed by atoms with E-state index in [-0.39, 0.29) is 0 Å². The Balaban J connectivity index is 2.26. The molecule has 0 saturated heterocycles. The molecule has 0 aromatic heterocycles. The fourth-order valence-corrected chi connectivity index (χ4v) is 2.90. The Bertz CT molecular complexity index is 247. The quantitative estimate of drug-likeness (QED) is 0.490. The van der Waals surface area contributed by atoms with Crippen molar-refractivity contribution < 1.29 is 0 Å². The Labute approximate surface area is 81.7 Å². The molecule has 72 valence electrons. The summed E-state index contributed by atoms with van der Waals surface area (Å²) in [7, 11) is 0. The van der Waals surface area contributed by atoms with Crippen LogP contribution in [0, 0.1) is 17.8 Å². The monoisotopic (exact) mass is 176 g/mol. The molecule has 2 aliphatic carbocycles. The molecule has 1 fully saturated rings. The van der Waals surface area contributed by atoms with Crippen LogP contribution in [0.25, 0.3) is 0 Å². The molecule has 3 atom stereocenters. The molecule has 0 spiro atoms. The highest BCUT2D eigenvalue weighted by atomic mass is 14.4. The standard InChI is InChI=1S/C13H20/c1-9-7-11(3)13-6-4-5-12(13)8-10(9)2/h8-9,12-13H,3-7H2,1-2H3/t9-,12-,13+/m1/s1. The van der Waals surface area contributed by atoms with Gasteiger partial charge in [0, 0.05) is 0 Å². The number of allylic oxidation sites excluding steroid dienone is 3. The van der Waals surface area contributed by atoms with Gasteiger partial charge in [0.25, 0.3) is 0 Å². The van der Waals surface area contributed by atoms with Crippen molar-refractivity contribution in [2.45, 2.75) is 39.5 Å². The minimum Gasteiger partial charge on any atom is -0.0995 e. The van der Waals surface area contributed by atoms with Gasteiger partial charge < -0.3 is 0 Å². The summed E-state index contributed by atoms with van der Waals surface area (Å²) >= 11 is 0. The van der Waals surface area contributed by atoms with Gasteiger partial charge in [-0.15, -0.1) is 0 Å². The summed E-state index contributed by atoms with van der Waals surface area (Å²) in [4.78, 5) is 0. The fourth-order valence-electron chi connectivity index (χ4n) is 2.90. The van der Waals surface area contributed by atoms with E-state index < -0.39 is 0 Å². The molecular formula is C13H20. The zero-order valence-electron chi connectivity index (χ0n) is 8.84. The molecule has 0 aliphatic heterocycles. The van der Waals surface area contributed by atoms with Gasteiger partial charge in [0.1, 0.15) is 0 Å². The lowest BCUT2D eigenvalue weighted by Gasteiger charge is -2.16. The SMILES string of the molecule is C=C1C[C@@H](C)C(C)=C[C@H]2CCC[C@@H]12. The van der Waals surface area contributed by atoms with Crippen LogP contribution in [-0.2, 0) is 0 Å². The third kappa shape index (κ3) is 1.59. The summed E-state index contributed by atoms with van der Waals surface area (Å²) < 4.78 is 0. The van der Waals surface area contributed by atoms with Crippen LogP contribution in [0.2, 0.25) is 0 Å². The Kier molecular flexibility index (Phi) is 2.31. The summed E-state index contributed by atoms with van der Waals surface area (Å²) in [5.41, 5.74) is 3.11. The lowest BCUT2D eigenvalue weighted by atomic mass is 9.88. The molecule has 13 heavy (non-hydrogen) atoms. The third-order valence-corrected chi connectivity index (χ3v) is 3.92. The van der Waals surface area contributed by atoms with Crippen molar-refractivity contribution in [3.05, 3.63) is 23.8 Å². The second-order valence-corrected chi connectivity index (χ2v) is 4.88. The van der Waals surface area contributed by atoms with Gasteiger partial charge in [-0.1, -0.05) is 37.1 Å². The second kappa shape index (κ2) is 3.32. The fraction of sp³-hybridized carbons (Fsp3) is 0.692. The van der Waals surface area contributed by atoms with Crippen LogP contribution >= 0.6 is 0 Å². The van der Waals surface area contributed by atoms with Crippen molar-refractivity contribution >= 4 is 0 Å². The average Bonchev–Trinajstić information content (AvgIpc) is 2.48. The van der Waals surface area contributed by atoms with E-state index in [1.54, 1.807) is 5.57 Å². The lowest BCUT2D eigenvalue weighted by Crippen LogP contribution is -2.06. The predicted molar refractivity (Wildman–Crippen MR) is 57.5 cm³/mol. The summed E-state index contributed by atoms with van der Waals surface area (Å²) in [5, 5.41) is 0. The molecule has 0 N–H and O–H groups in total. The van der Waals surface area contributed by atoms with Crippen LogP contribution in [0.15, 0.2) is 23.8 Å². The van der Waals surface area contributed by atoms with Gasteiger partial charge in [-0.25, -0.2) is 0 Å². The van der Waals surface area contributed by atoms with Crippen LogP contribution in [0.3, 0.4) is 0 Å². The van der Waals surface area contributed by atoms with E-state index >= 15 is 0 Å². The Morgan fingerprint density at radius 1 is 1.38 bits per heavy atom. The third-order valence-electron chi connectivity index (χ3n) is 3.92. The van der Waals surface area contributed by atoms with E-state index in [0.717, 1.165) is 17.8 Å². The number of hydrogen-bond acceptors (Lipinski definition) is 0. The summed E-state index contributed by atoms with van der Waals surface area (Å²) in [6.45, 7) is 8.89. The highest BCUT2D eigenvalue weighted by Crippen LogP contribution is 2.43. The van der Waals surface area contributed by atoms with Gasteiger partial charge >= 0.3 is 0 Å². The van der Waals surface area contributed by atoms with Gasteiger partial charge in [-0.2, -0.15) is 0 Å². The van der Waals surface area contributed by atoms with Crippen LogP contribution in [-0.4, -0.2) is 0 Å². The molecule has 1 saturated carbocycles. The van der Waals surface area contributed by atoms with Gasteiger partial charge in [-0.05, 0) is 43.9 Å². The van der Waals surface area contributed by atoms with Crippen molar-refractivity contribution in [2.24, 2.45) is 17.8 Å². The van der Waals surface area contributed by atoms with Crippen molar-refractivity contribution in [2.75, 3.05) is 0 Å². The van der Waals surface area contributed by atoms with E-state index in [1.165, 1.54) is 31.3 Å². The Morgan fingerprint density at radius 2 is 2.15 bits per heavy atom. The molecule has 0 bridgehead atoms. The lowest BCUT2D eigenvalue weighted by molar-refractivity contribution is 0.515. The Morgan fingerprint density at radius 3 is 2.92 bits per heavy atom. The zero-order chi connectivity index (χ0) is 9.42. The van der Waals surface area contributed by atoms with E-state index in [4.69, 9.17) is 0 Å². The largest absolute Gasteiger partial charge is 0.0995 e. The highest BCUT2D eigenvalue weighted by molar-refractivity contribution is 5.20. The molecule has 0 unspecified atom stereocenters. The first-order valence-corrected chi connectivity index (χ1v) is 5.54. The summed E-state index contributed by atoms with van der Waals surface area (Å²) in [5.74, 6) is 2.38. The molecule has 0 amide bonds. The van der Waals surface area contributed by atoms with Gasteiger partial charge in [0.2, 0.25) is 0 Å². The molecule has 2 rings (SSSR count). The van der Waals surface area contributed by atoms with Crippen molar-refractivity contribution in [3.63, 3.8) is 0 Å². The smallest absolute Gasteiger partial charge is 0.0143 e. The first kappa shape index (κ1) is 9.05.